The summed E-state index contributed by atoms with van der Waals surface area (Å²) in [7, 11) is 1.35. The molecule has 4 heteroatoms. The van der Waals surface area contributed by atoms with Crippen molar-refractivity contribution in [1.82, 2.24) is 4.98 Å². The minimum atomic E-state index is -0.358. The summed E-state index contributed by atoms with van der Waals surface area (Å²) in [4.78, 5) is 15.8. The third-order valence-electron chi connectivity index (χ3n) is 1.20. The van der Waals surface area contributed by atoms with Crippen molar-refractivity contribution in [3.63, 3.8) is 0 Å². The molecule has 1 aromatic heterocycles. The number of methoxy groups -OCH3 is 1. The van der Waals surface area contributed by atoms with Crippen molar-refractivity contribution in [2.24, 2.45) is 0 Å². The third-order valence-corrected chi connectivity index (χ3v) is 2.08. The quantitative estimate of drug-likeness (QED) is 0.517. The van der Waals surface area contributed by atoms with Crippen LogP contribution < -0.4 is 0 Å². The molecule has 0 aliphatic rings. The third kappa shape index (κ3) is 2.47. The first-order chi connectivity index (χ1) is 5.72. The molecule has 0 bridgehead atoms. The molecule has 0 aliphatic carbocycles. The lowest BCUT2D eigenvalue weighted by atomic mass is 10.5. The molecular formula is C8H9NO2S. The van der Waals surface area contributed by atoms with Crippen molar-refractivity contribution in [2.45, 2.75) is 6.92 Å². The van der Waals surface area contributed by atoms with E-state index in [9.17, 15) is 4.79 Å². The summed E-state index contributed by atoms with van der Waals surface area (Å²) in [5, 5.41) is 0.818. The zero-order valence-corrected chi connectivity index (χ0v) is 7.72. The van der Waals surface area contributed by atoms with Gasteiger partial charge in [0.15, 0.2) is 0 Å². The van der Waals surface area contributed by atoms with Crippen molar-refractivity contribution in [1.29, 1.82) is 0 Å². The lowest BCUT2D eigenvalue weighted by Crippen LogP contribution is -1.92. The van der Waals surface area contributed by atoms with E-state index in [0.717, 1.165) is 9.88 Å². The van der Waals surface area contributed by atoms with E-state index >= 15 is 0 Å². The van der Waals surface area contributed by atoms with Crippen LogP contribution in [0.25, 0.3) is 6.08 Å². The molecule has 0 atom stereocenters. The van der Waals surface area contributed by atoms with Gasteiger partial charge in [-0.1, -0.05) is 0 Å². The van der Waals surface area contributed by atoms with Gasteiger partial charge in [-0.3, -0.25) is 0 Å². The molecule has 0 fully saturated rings. The molecule has 0 aliphatic heterocycles. The zero-order chi connectivity index (χ0) is 8.97. The highest BCUT2D eigenvalue weighted by Crippen LogP contribution is 2.12. The van der Waals surface area contributed by atoms with Crippen molar-refractivity contribution >= 4 is 23.4 Å². The minimum Gasteiger partial charge on any atom is -0.466 e. The Morgan fingerprint density at radius 1 is 1.75 bits per heavy atom. The van der Waals surface area contributed by atoms with E-state index in [1.54, 1.807) is 12.3 Å². The van der Waals surface area contributed by atoms with Crippen LogP contribution in [0.5, 0.6) is 0 Å². The van der Waals surface area contributed by atoms with Gasteiger partial charge in [0.05, 0.1) is 7.11 Å². The van der Waals surface area contributed by atoms with Crippen molar-refractivity contribution < 1.29 is 9.53 Å². The molecule has 0 unspecified atom stereocenters. The van der Waals surface area contributed by atoms with Crippen LogP contribution in [0.15, 0.2) is 12.3 Å². The van der Waals surface area contributed by atoms with E-state index in [-0.39, 0.29) is 5.97 Å². The summed E-state index contributed by atoms with van der Waals surface area (Å²) in [5.41, 5.74) is 0. The first kappa shape index (κ1) is 8.93. The van der Waals surface area contributed by atoms with Crippen LogP contribution in [0.3, 0.4) is 0 Å². The van der Waals surface area contributed by atoms with Gasteiger partial charge in [0.2, 0.25) is 0 Å². The largest absolute Gasteiger partial charge is 0.466 e. The molecule has 3 nitrogen and oxygen atoms in total. The van der Waals surface area contributed by atoms with E-state index < -0.39 is 0 Å². The van der Waals surface area contributed by atoms with E-state index in [4.69, 9.17) is 0 Å². The second kappa shape index (κ2) is 4.01. The number of hydrogen-bond donors (Lipinski definition) is 0. The highest BCUT2D eigenvalue weighted by Gasteiger charge is 1.95. The molecule has 1 heterocycles. The second-order valence-corrected chi connectivity index (χ2v) is 3.43. The van der Waals surface area contributed by atoms with E-state index in [2.05, 4.69) is 9.72 Å². The number of aromatic nitrogens is 1. The van der Waals surface area contributed by atoms with E-state index in [1.807, 2.05) is 6.92 Å². The summed E-state index contributed by atoms with van der Waals surface area (Å²) in [6.45, 7) is 1.97. The Kier molecular flexibility index (Phi) is 2.99. The molecule has 0 N–H and O–H groups in total. The molecule has 0 amide bonds. The van der Waals surface area contributed by atoms with Gasteiger partial charge in [0.1, 0.15) is 5.01 Å². The standard InChI is InChI=1S/C8H9NO2S/c1-6-5-9-7(12-6)3-4-8(10)11-2/h3-5H,1-2H3. The number of nitrogens with zero attached hydrogens (tertiary/aromatic N) is 1. The Morgan fingerprint density at radius 2 is 2.50 bits per heavy atom. The normalized spacial score (nSPS) is 10.5. The Labute approximate surface area is 74.7 Å². The molecule has 1 aromatic rings. The fraction of sp³-hybridized carbons (Fsp3) is 0.250. The lowest BCUT2D eigenvalue weighted by Gasteiger charge is -1.86. The smallest absolute Gasteiger partial charge is 0.330 e. The van der Waals surface area contributed by atoms with Crippen LogP contribution in [-0.2, 0) is 9.53 Å². The Hall–Kier alpha value is -1.16. The number of esters is 1. The van der Waals surface area contributed by atoms with Crippen molar-refractivity contribution in [2.75, 3.05) is 7.11 Å². The molecule has 1 rings (SSSR count). The SMILES string of the molecule is COC(=O)C=Cc1ncc(C)s1. The summed E-state index contributed by atoms with van der Waals surface area (Å²) in [6, 6.07) is 0. The molecule has 0 aromatic carbocycles. The Balaban J connectivity index is 2.63. The van der Waals surface area contributed by atoms with Gasteiger partial charge in [-0.05, 0) is 13.0 Å². The summed E-state index contributed by atoms with van der Waals surface area (Å²) in [6.07, 6.45) is 4.77. The van der Waals surface area contributed by atoms with Gasteiger partial charge < -0.3 is 4.74 Å². The van der Waals surface area contributed by atoms with Crippen LogP contribution >= 0.6 is 11.3 Å². The predicted molar refractivity (Wildman–Crippen MR) is 47.9 cm³/mol. The molecular weight excluding hydrogens is 174 g/mol. The van der Waals surface area contributed by atoms with Gasteiger partial charge >= 0.3 is 5.97 Å². The Bertz CT molecular complexity index is 304. The van der Waals surface area contributed by atoms with E-state index in [1.165, 1.54) is 24.5 Å². The van der Waals surface area contributed by atoms with E-state index in [0.29, 0.717) is 0 Å². The zero-order valence-electron chi connectivity index (χ0n) is 6.90. The van der Waals surface area contributed by atoms with Crippen LogP contribution in [-0.4, -0.2) is 18.1 Å². The molecule has 0 saturated carbocycles. The first-order valence-electron chi connectivity index (χ1n) is 3.41. The highest BCUT2D eigenvalue weighted by molar-refractivity contribution is 7.12. The van der Waals surface area contributed by atoms with Gasteiger partial charge in [-0.2, -0.15) is 0 Å². The number of thiazole rings is 1. The fourth-order valence-corrected chi connectivity index (χ4v) is 1.33. The number of carbonyl (C=O) groups excluding carboxylic acids is 1. The highest BCUT2D eigenvalue weighted by atomic mass is 32.1. The average Bonchev–Trinajstić information content (AvgIpc) is 2.47. The predicted octanol–water partition coefficient (Wildman–Crippen LogP) is 1.64. The van der Waals surface area contributed by atoms with Crippen molar-refractivity contribution in [3.05, 3.63) is 22.2 Å². The maximum Gasteiger partial charge on any atom is 0.330 e. The Morgan fingerprint density at radius 3 is 3.00 bits per heavy atom. The maximum atomic E-state index is 10.7. The van der Waals surface area contributed by atoms with Gasteiger partial charge in [-0.25, -0.2) is 9.78 Å². The summed E-state index contributed by atoms with van der Waals surface area (Å²) >= 11 is 1.53. The monoisotopic (exact) mass is 183 g/mol. The van der Waals surface area contributed by atoms with Crippen LogP contribution in [0.1, 0.15) is 9.88 Å². The molecule has 0 saturated heterocycles. The topological polar surface area (TPSA) is 39.2 Å². The van der Waals surface area contributed by atoms with Gasteiger partial charge in [0, 0.05) is 17.2 Å². The van der Waals surface area contributed by atoms with Crippen molar-refractivity contribution in [3.8, 4) is 0 Å². The first-order valence-corrected chi connectivity index (χ1v) is 4.22. The minimum absolute atomic E-state index is 0.358. The second-order valence-electron chi connectivity index (χ2n) is 2.17. The van der Waals surface area contributed by atoms with Gasteiger partial charge in [-0.15, -0.1) is 11.3 Å². The summed E-state index contributed by atoms with van der Waals surface area (Å²) < 4.78 is 4.43. The molecule has 64 valence electrons. The molecule has 0 radical (unpaired) electrons. The molecule has 0 spiro atoms. The maximum absolute atomic E-state index is 10.7. The number of ether oxygens (including phenoxy) is 1. The number of aryl methyl sites for hydroxylation is 1. The van der Waals surface area contributed by atoms with Crippen LogP contribution in [0, 0.1) is 6.92 Å². The summed E-state index contributed by atoms with van der Waals surface area (Å²) in [5.74, 6) is -0.358. The number of hydrogen-bond acceptors (Lipinski definition) is 4. The average molecular weight is 183 g/mol. The fourth-order valence-electron chi connectivity index (χ4n) is 0.657. The number of carbonyl (C=O) groups is 1. The number of rotatable bonds is 2. The molecule has 12 heavy (non-hydrogen) atoms. The van der Waals surface area contributed by atoms with Gasteiger partial charge in [0.25, 0.3) is 0 Å². The van der Waals surface area contributed by atoms with Crippen LogP contribution in [0.4, 0.5) is 0 Å². The lowest BCUT2D eigenvalue weighted by molar-refractivity contribution is -0.134. The van der Waals surface area contributed by atoms with Crippen LogP contribution in [0.2, 0.25) is 0 Å².